The zero-order valence-corrected chi connectivity index (χ0v) is 14.9. The topological polar surface area (TPSA) is 51.2 Å². The predicted octanol–water partition coefficient (Wildman–Crippen LogP) is 4.31. The van der Waals surface area contributed by atoms with E-state index in [-0.39, 0.29) is 11.8 Å². The highest BCUT2D eigenvalue weighted by Crippen LogP contribution is 2.43. The summed E-state index contributed by atoms with van der Waals surface area (Å²) in [5, 5.41) is 4.10. The summed E-state index contributed by atoms with van der Waals surface area (Å²) in [6.45, 7) is 4.45. The molecule has 2 heterocycles. The molecule has 3 aromatic rings. The van der Waals surface area contributed by atoms with Crippen molar-refractivity contribution in [2.45, 2.75) is 26.3 Å². The van der Waals surface area contributed by atoms with Gasteiger partial charge in [-0.3, -0.25) is 4.79 Å². The van der Waals surface area contributed by atoms with Gasteiger partial charge in [-0.1, -0.05) is 36.4 Å². The van der Waals surface area contributed by atoms with Gasteiger partial charge >= 0.3 is 0 Å². The third kappa shape index (κ3) is 2.91. The second kappa shape index (κ2) is 6.33. The number of para-hydroxylation sites is 2. The van der Waals surface area contributed by atoms with Crippen molar-refractivity contribution in [3.8, 4) is 11.5 Å². The van der Waals surface area contributed by atoms with E-state index < -0.39 is 0 Å². The van der Waals surface area contributed by atoms with E-state index in [4.69, 9.17) is 4.74 Å². The number of benzene rings is 2. The number of amides is 1. The van der Waals surface area contributed by atoms with Crippen molar-refractivity contribution in [2.75, 3.05) is 0 Å². The maximum Gasteiger partial charge on any atom is 0.232 e. The number of hydrogen-bond acceptors (Lipinski definition) is 4. The SMILES string of the molecule is Cc1nc(C)c(CNC(=O)C2c3ccccc3Oc3ccccc32)s1. The fourth-order valence-electron chi connectivity index (χ4n) is 3.20. The van der Waals surface area contributed by atoms with Gasteiger partial charge in [-0.2, -0.15) is 0 Å². The molecule has 0 saturated heterocycles. The van der Waals surface area contributed by atoms with E-state index in [1.807, 2.05) is 62.4 Å². The van der Waals surface area contributed by atoms with Gasteiger partial charge in [-0.15, -0.1) is 11.3 Å². The Bertz CT molecular complexity index is 903. The Morgan fingerprint density at radius 2 is 1.68 bits per heavy atom. The lowest BCUT2D eigenvalue weighted by Crippen LogP contribution is -2.31. The lowest BCUT2D eigenvalue weighted by molar-refractivity contribution is -0.122. The molecule has 0 bridgehead atoms. The van der Waals surface area contributed by atoms with E-state index >= 15 is 0 Å². The molecule has 0 atom stereocenters. The van der Waals surface area contributed by atoms with E-state index in [9.17, 15) is 4.79 Å². The van der Waals surface area contributed by atoms with Crippen molar-refractivity contribution >= 4 is 17.2 Å². The van der Waals surface area contributed by atoms with Crippen LogP contribution >= 0.6 is 11.3 Å². The van der Waals surface area contributed by atoms with Crippen molar-refractivity contribution < 1.29 is 9.53 Å². The van der Waals surface area contributed by atoms with Gasteiger partial charge in [0.05, 0.1) is 23.2 Å². The molecule has 25 heavy (non-hydrogen) atoms. The molecule has 0 fully saturated rings. The lowest BCUT2D eigenvalue weighted by atomic mass is 9.87. The molecule has 4 nitrogen and oxygen atoms in total. The summed E-state index contributed by atoms with van der Waals surface area (Å²) in [4.78, 5) is 18.5. The summed E-state index contributed by atoms with van der Waals surface area (Å²) >= 11 is 1.62. The average Bonchev–Trinajstić information content (AvgIpc) is 2.94. The van der Waals surface area contributed by atoms with Gasteiger partial charge in [-0.25, -0.2) is 4.98 Å². The van der Waals surface area contributed by atoms with Gasteiger partial charge in [0.25, 0.3) is 0 Å². The second-order valence-corrected chi connectivity index (χ2v) is 7.36. The molecule has 126 valence electrons. The molecule has 0 unspecified atom stereocenters. The number of nitrogens with zero attached hydrogens (tertiary/aromatic N) is 1. The Morgan fingerprint density at radius 3 is 2.24 bits per heavy atom. The third-order valence-electron chi connectivity index (χ3n) is 4.36. The van der Waals surface area contributed by atoms with Crippen molar-refractivity contribution in [2.24, 2.45) is 0 Å². The molecular formula is C20H18N2O2S. The van der Waals surface area contributed by atoms with Crippen LogP contribution in [0.25, 0.3) is 0 Å². The van der Waals surface area contributed by atoms with Crippen LogP contribution in [0.2, 0.25) is 0 Å². The largest absolute Gasteiger partial charge is 0.457 e. The molecule has 2 aromatic carbocycles. The van der Waals surface area contributed by atoms with E-state index in [0.717, 1.165) is 38.2 Å². The van der Waals surface area contributed by atoms with Crippen LogP contribution in [-0.2, 0) is 11.3 Å². The Morgan fingerprint density at radius 1 is 1.08 bits per heavy atom. The number of aromatic nitrogens is 1. The van der Waals surface area contributed by atoms with Crippen LogP contribution in [0, 0.1) is 13.8 Å². The van der Waals surface area contributed by atoms with Gasteiger partial charge in [-0.05, 0) is 26.0 Å². The summed E-state index contributed by atoms with van der Waals surface area (Å²) in [5.41, 5.74) is 2.78. The number of thiazole rings is 1. The van der Waals surface area contributed by atoms with E-state index in [0.29, 0.717) is 6.54 Å². The number of hydrogen-bond donors (Lipinski definition) is 1. The normalized spacial score (nSPS) is 12.9. The van der Waals surface area contributed by atoms with Gasteiger partial charge in [0.1, 0.15) is 11.5 Å². The van der Waals surface area contributed by atoms with Crippen molar-refractivity contribution in [1.82, 2.24) is 10.3 Å². The van der Waals surface area contributed by atoms with Crippen LogP contribution < -0.4 is 10.1 Å². The monoisotopic (exact) mass is 350 g/mol. The van der Waals surface area contributed by atoms with Crippen LogP contribution in [-0.4, -0.2) is 10.9 Å². The highest BCUT2D eigenvalue weighted by atomic mass is 32.1. The smallest absolute Gasteiger partial charge is 0.232 e. The van der Waals surface area contributed by atoms with Gasteiger partial charge in [0.2, 0.25) is 5.91 Å². The molecule has 0 saturated carbocycles. The highest BCUT2D eigenvalue weighted by Gasteiger charge is 2.32. The molecule has 1 aliphatic heterocycles. The predicted molar refractivity (Wildman–Crippen MR) is 98.2 cm³/mol. The summed E-state index contributed by atoms with van der Waals surface area (Å²) in [6, 6.07) is 15.4. The van der Waals surface area contributed by atoms with Crippen LogP contribution in [0.1, 0.15) is 32.6 Å². The van der Waals surface area contributed by atoms with Gasteiger partial charge in [0.15, 0.2) is 0 Å². The maximum absolute atomic E-state index is 13.0. The Balaban J connectivity index is 1.65. The molecule has 1 amide bonds. The number of nitrogens with one attached hydrogen (secondary N) is 1. The molecule has 1 N–H and O–H groups in total. The summed E-state index contributed by atoms with van der Waals surface area (Å²) in [7, 11) is 0. The number of carbonyl (C=O) groups is 1. The Labute approximate surface area is 150 Å². The molecule has 0 aliphatic carbocycles. The fraction of sp³-hybridized carbons (Fsp3) is 0.200. The third-order valence-corrected chi connectivity index (χ3v) is 5.44. The molecule has 1 aliphatic rings. The minimum Gasteiger partial charge on any atom is -0.457 e. The number of fused-ring (bicyclic) bond motifs is 2. The first-order chi connectivity index (χ1) is 12.1. The summed E-state index contributed by atoms with van der Waals surface area (Å²) < 4.78 is 5.96. The zero-order chi connectivity index (χ0) is 17.4. The maximum atomic E-state index is 13.0. The van der Waals surface area contributed by atoms with E-state index in [1.54, 1.807) is 11.3 Å². The minimum atomic E-state index is -0.365. The summed E-state index contributed by atoms with van der Waals surface area (Å²) in [6.07, 6.45) is 0. The minimum absolute atomic E-state index is 0.0198. The Kier molecular flexibility index (Phi) is 4.01. The number of ether oxygens (including phenoxy) is 1. The first kappa shape index (κ1) is 15.8. The van der Waals surface area contributed by atoms with Crippen molar-refractivity contribution in [1.29, 1.82) is 0 Å². The average molecular weight is 350 g/mol. The number of rotatable bonds is 3. The van der Waals surface area contributed by atoms with Crippen LogP contribution in [0.3, 0.4) is 0 Å². The quantitative estimate of drug-likeness (QED) is 0.765. The molecule has 1 aromatic heterocycles. The lowest BCUT2D eigenvalue weighted by Gasteiger charge is -2.27. The Hall–Kier alpha value is -2.66. The van der Waals surface area contributed by atoms with Crippen LogP contribution in [0.15, 0.2) is 48.5 Å². The number of carbonyl (C=O) groups excluding carboxylic acids is 1. The van der Waals surface area contributed by atoms with Crippen LogP contribution in [0.4, 0.5) is 0 Å². The molecule has 5 heteroatoms. The van der Waals surface area contributed by atoms with Crippen LogP contribution in [0.5, 0.6) is 11.5 Å². The molecule has 4 rings (SSSR count). The van der Waals surface area contributed by atoms with Gasteiger partial charge in [0, 0.05) is 16.0 Å². The second-order valence-electron chi connectivity index (χ2n) is 6.07. The van der Waals surface area contributed by atoms with E-state index in [2.05, 4.69) is 10.3 Å². The van der Waals surface area contributed by atoms with Gasteiger partial charge < -0.3 is 10.1 Å². The van der Waals surface area contributed by atoms with Crippen molar-refractivity contribution in [3.63, 3.8) is 0 Å². The molecule has 0 radical (unpaired) electrons. The van der Waals surface area contributed by atoms with E-state index in [1.165, 1.54) is 0 Å². The first-order valence-electron chi connectivity index (χ1n) is 8.20. The standard InChI is InChI=1S/C20H18N2O2S/c1-12-18(25-13(2)22-12)11-21-20(23)19-14-7-3-5-9-16(14)24-17-10-6-4-8-15(17)19/h3-10,19H,11H2,1-2H3,(H,21,23). The highest BCUT2D eigenvalue weighted by molar-refractivity contribution is 7.11. The van der Waals surface area contributed by atoms with Crippen molar-refractivity contribution in [3.05, 3.63) is 75.2 Å². The summed E-state index contributed by atoms with van der Waals surface area (Å²) in [5.74, 6) is 1.10. The number of aryl methyl sites for hydroxylation is 2. The molecular weight excluding hydrogens is 332 g/mol. The molecule has 0 spiro atoms. The first-order valence-corrected chi connectivity index (χ1v) is 9.01. The zero-order valence-electron chi connectivity index (χ0n) is 14.1. The fourth-order valence-corrected chi connectivity index (χ4v) is 4.08.